The summed E-state index contributed by atoms with van der Waals surface area (Å²) in [4.78, 5) is 17.2. The van der Waals surface area contributed by atoms with E-state index in [4.69, 9.17) is 5.11 Å². The lowest BCUT2D eigenvalue weighted by Gasteiger charge is -1.97. The molecule has 0 spiro atoms. The van der Waals surface area contributed by atoms with E-state index in [1.54, 1.807) is 0 Å². The van der Waals surface area contributed by atoms with Crippen LogP contribution in [0, 0.1) is 6.10 Å². The molecule has 2 N–H and O–H groups in total. The Balaban J connectivity index is 2.78. The van der Waals surface area contributed by atoms with Crippen molar-refractivity contribution in [3.05, 3.63) is 37.0 Å². The molecule has 4 heteroatoms. The van der Waals surface area contributed by atoms with Crippen LogP contribution in [0.4, 0.5) is 0 Å². The van der Waals surface area contributed by atoms with Gasteiger partial charge in [0.05, 0.1) is 0 Å². The van der Waals surface area contributed by atoms with Gasteiger partial charge in [0, 0.05) is 12.4 Å². The van der Waals surface area contributed by atoms with E-state index in [0.717, 1.165) is 6.08 Å². The highest BCUT2D eigenvalue weighted by Gasteiger charge is 2.16. The fourth-order valence-corrected chi connectivity index (χ4v) is 0.603. The first-order valence-electron chi connectivity index (χ1n) is 2.98. The molecule has 4 nitrogen and oxygen atoms in total. The van der Waals surface area contributed by atoms with Crippen LogP contribution >= 0.6 is 0 Å². The van der Waals surface area contributed by atoms with Gasteiger partial charge in [0.15, 0.2) is 11.9 Å². The maximum atomic E-state index is 11.0. The van der Waals surface area contributed by atoms with Crippen LogP contribution in [0.3, 0.4) is 0 Å². The van der Waals surface area contributed by atoms with E-state index in [0.29, 0.717) is 0 Å². The van der Waals surface area contributed by atoms with Crippen LogP contribution < -0.4 is 0 Å². The molecular formula is C7H7N2O2. The number of H-pyrrole nitrogens is 1. The van der Waals surface area contributed by atoms with E-state index in [-0.39, 0.29) is 5.82 Å². The van der Waals surface area contributed by atoms with Crippen LogP contribution in [0.25, 0.3) is 0 Å². The summed E-state index contributed by atoms with van der Waals surface area (Å²) < 4.78 is 0. The van der Waals surface area contributed by atoms with Gasteiger partial charge >= 0.3 is 0 Å². The fourth-order valence-electron chi connectivity index (χ4n) is 0.603. The van der Waals surface area contributed by atoms with Gasteiger partial charge in [-0.25, -0.2) is 4.98 Å². The normalized spacial score (nSPS) is 10.0. The zero-order chi connectivity index (χ0) is 8.27. The minimum absolute atomic E-state index is 0.113. The highest BCUT2D eigenvalue weighted by Crippen LogP contribution is 2.03. The first-order chi connectivity index (χ1) is 5.25. The van der Waals surface area contributed by atoms with Gasteiger partial charge in [-0.15, -0.1) is 0 Å². The van der Waals surface area contributed by atoms with E-state index in [1.165, 1.54) is 12.4 Å². The highest BCUT2D eigenvalue weighted by atomic mass is 16.3. The van der Waals surface area contributed by atoms with Gasteiger partial charge in [0.1, 0.15) is 0 Å². The molecule has 57 valence electrons. The van der Waals surface area contributed by atoms with Crippen LogP contribution in [-0.4, -0.2) is 20.9 Å². The molecule has 0 aliphatic carbocycles. The summed E-state index contributed by atoms with van der Waals surface area (Å²) in [6.07, 6.45) is 3.61. The summed E-state index contributed by atoms with van der Waals surface area (Å²) in [7, 11) is 0. The summed E-state index contributed by atoms with van der Waals surface area (Å²) in [5.41, 5.74) is 0. The molecule has 0 aliphatic heterocycles. The van der Waals surface area contributed by atoms with E-state index in [2.05, 4.69) is 16.5 Å². The molecule has 1 aromatic rings. The Hall–Kier alpha value is -1.42. The minimum atomic E-state index is -0.551. The fraction of sp³-hybridized carbons (Fsp3) is 0. The molecule has 1 radical (unpaired) electrons. The van der Waals surface area contributed by atoms with Gasteiger partial charge in [-0.2, -0.15) is 0 Å². The topological polar surface area (TPSA) is 66.0 Å². The third-order valence-electron chi connectivity index (χ3n) is 1.14. The summed E-state index contributed by atoms with van der Waals surface area (Å²) in [5, 5.41) is 8.89. The summed E-state index contributed by atoms with van der Waals surface area (Å²) in [5.74, 6) is -0.438. The number of aromatic nitrogens is 2. The Morgan fingerprint density at radius 1 is 1.82 bits per heavy atom. The summed E-state index contributed by atoms with van der Waals surface area (Å²) >= 11 is 0. The minimum Gasteiger partial charge on any atom is -0.374 e. The molecular weight excluding hydrogens is 144 g/mol. The summed E-state index contributed by atoms with van der Waals surface area (Å²) in [6, 6.07) is 0. The zero-order valence-electron chi connectivity index (χ0n) is 5.74. The zero-order valence-corrected chi connectivity index (χ0v) is 5.74. The number of aliphatic hydroxyl groups is 1. The number of aliphatic hydroxyl groups excluding tert-OH is 1. The number of imidazole rings is 1. The number of ketones is 1. The standard InChI is InChI=1S/C7H7N2O2/c1-2-5(10)6(11)7-8-3-4-9-7/h2-4,10H,1H2,(H,8,9). The Kier molecular flexibility index (Phi) is 2.18. The molecule has 0 saturated carbocycles. The first-order valence-corrected chi connectivity index (χ1v) is 2.98. The molecule has 1 rings (SSSR count). The average Bonchev–Trinajstić information content (AvgIpc) is 2.53. The number of nitrogens with one attached hydrogen (secondary N) is 1. The van der Waals surface area contributed by atoms with Crippen molar-refractivity contribution >= 4 is 5.78 Å². The lowest BCUT2D eigenvalue weighted by molar-refractivity contribution is 0.0924. The Morgan fingerprint density at radius 3 is 3.00 bits per heavy atom. The maximum absolute atomic E-state index is 11.0. The van der Waals surface area contributed by atoms with Crippen molar-refractivity contribution in [1.29, 1.82) is 0 Å². The molecule has 0 bridgehead atoms. The van der Waals surface area contributed by atoms with Crippen LogP contribution in [0.2, 0.25) is 0 Å². The molecule has 0 unspecified atom stereocenters. The van der Waals surface area contributed by atoms with E-state index < -0.39 is 11.9 Å². The van der Waals surface area contributed by atoms with Crippen molar-refractivity contribution in [2.45, 2.75) is 0 Å². The number of rotatable bonds is 3. The Bertz CT molecular complexity index is 253. The van der Waals surface area contributed by atoms with Gasteiger partial charge in [-0.3, -0.25) is 4.79 Å². The predicted molar refractivity (Wildman–Crippen MR) is 38.3 cm³/mol. The molecule has 0 fully saturated rings. The van der Waals surface area contributed by atoms with Crippen molar-refractivity contribution in [3.8, 4) is 0 Å². The van der Waals surface area contributed by atoms with Crippen molar-refractivity contribution in [1.82, 2.24) is 9.97 Å². The van der Waals surface area contributed by atoms with Crippen LogP contribution in [0.1, 0.15) is 10.6 Å². The highest BCUT2D eigenvalue weighted by molar-refractivity contribution is 6.03. The average molecular weight is 151 g/mol. The molecule has 1 aromatic heterocycles. The van der Waals surface area contributed by atoms with Crippen molar-refractivity contribution in [2.75, 3.05) is 0 Å². The van der Waals surface area contributed by atoms with Crippen LogP contribution in [0.15, 0.2) is 25.0 Å². The van der Waals surface area contributed by atoms with E-state index in [9.17, 15) is 4.79 Å². The second-order valence-electron chi connectivity index (χ2n) is 1.86. The number of carbonyl (C=O) groups excluding carboxylic acids is 1. The predicted octanol–water partition coefficient (Wildman–Crippen LogP) is 0.683. The SMILES string of the molecule is C=C[C](O)C(=O)c1ncc[nH]1. The molecule has 0 atom stereocenters. The van der Waals surface area contributed by atoms with Gasteiger partial charge in [0.25, 0.3) is 0 Å². The number of hydrogen-bond donors (Lipinski definition) is 2. The number of nitrogens with zero attached hydrogens (tertiary/aromatic N) is 1. The van der Waals surface area contributed by atoms with Crippen LogP contribution in [0.5, 0.6) is 0 Å². The van der Waals surface area contributed by atoms with Crippen molar-refractivity contribution in [2.24, 2.45) is 0 Å². The molecule has 0 amide bonds. The second kappa shape index (κ2) is 3.12. The number of Topliss-reactive ketones (excluding diaryl/α,β-unsaturated/α-hetero) is 1. The van der Waals surface area contributed by atoms with Crippen LogP contribution in [-0.2, 0) is 0 Å². The van der Waals surface area contributed by atoms with E-state index >= 15 is 0 Å². The van der Waals surface area contributed by atoms with Gasteiger partial charge < -0.3 is 10.1 Å². The number of aromatic amines is 1. The third-order valence-corrected chi connectivity index (χ3v) is 1.14. The smallest absolute Gasteiger partial charge is 0.237 e. The van der Waals surface area contributed by atoms with Gasteiger partial charge in [-0.05, 0) is 6.08 Å². The lowest BCUT2D eigenvalue weighted by atomic mass is 10.2. The molecule has 0 aromatic carbocycles. The first kappa shape index (κ1) is 7.68. The third kappa shape index (κ3) is 1.53. The molecule has 11 heavy (non-hydrogen) atoms. The van der Waals surface area contributed by atoms with Crippen molar-refractivity contribution < 1.29 is 9.90 Å². The molecule has 0 aliphatic rings. The monoisotopic (exact) mass is 151 g/mol. The quantitative estimate of drug-likeness (QED) is 0.624. The maximum Gasteiger partial charge on any atom is 0.237 e. The second-order valence-corrected chi connectivity index (χ2v) is 1.86. The number of carbonyl (C=O) groups is 1. The van der Waals surface area contributed by atoms with Crippen molar-refractivity contribution in [3.63, 3.8) is 0 Å². The van der Waals surface area contributed by atoms with Gasteiger partial charge in [-0.1, -0.05) is 6.58 Å². The Labute approximate surface area is 63.6 Å². The number of hydrogen-bond acceptors (Lipinski definition) is 3. The summed E-state index contributed by atoms with van der Waals surface area (Å²) in [6.45, 7) is 3.24. The Morgan fingerprint density at radius 2 is 2.55 bits per heavy atom. The lowest BCUT2D eigenvalue weighted by Crippen LogP contribution is -2.10. The largest absolute Gasteiger partial charge is 0.374 e. The molecule has 1 heterocycles. The van der Waals surface area contributed by atoms with E-state index in [1.807, 2.05) is 0 Å². The molecule has 0 saturated heterocycles. The van der Waals surface area contributed by atoms with Gasteiger partial charge in [0.2, 0.25) is 5.78 Å².